The second-order valence-electron chi connectivity index (χ2n) is 26.1. The predicted octanol–water partition coefficient (Wildman–Crippen LogP) is 6.68. The van der Waals surface area contributed by atoms with Crippen molar-refractivity contribution in [2.45, 2.75) is 375 Å². The van der Waals surface area contributed by atoms with E-state index in [4.69, 9.17) is 28.4 Å². The van der Waals surface area contributed by atoms with Crippen LogP contribution < -0.4 is 10.6 Å². The molecule has 23 nitrogen and oxygen atoms in total. The lowest BCUT2D eigenvalue weighted by Gasteiger charge is -2.50. The van der Waals surface area contributed by atoms with E-state index in [9.17, 15) is 75.7 Å². The number of hydrogen-bond acceptors (Lipinski definition) is 20. The van der Waals surface area contributed by atoms with Crippen molar-refractivity contribution in [3.05, 3.63) is 12.2 Å². The fourth-order valence-electron chi connectivity index (χ4n) is 12.5. The average Bonchev–Trinajstić information content (AvgIpc) is 0.766. The molecule has 23 heteroatoms. The second-order valence-corrected chi connectivity index (χ2v) is 26.1. The molecule has 0 saturated carbocycles. The first-order valence-corrected chi connectivity index (χ1v) is 35.6. The van der Waals surface area contributed by atoms with E-state index in [1.54, 1.807) is 6.08 Å². The highest BCUT2D eigenvalue weighted by Crippen LogP contribution is 2.39. The van der Waals surface area contributed by atoms with Gasteiger partial charge in [0.2, 0.25) is 11.8 Å². The number of ether oxygens (including phenoxy) is 6. The Bertz CT molecular complexity index is 1890. The first-order chi connectivity index (χ1) is 43.9. The topological polar surface area (TPSA) is 373 Å². The molecule has 0 spiro atoms. The van der Waals surface area contributed by atoms with Crippen LogP contribution in [-0.2, 0) is 42.8 Å². The first kappa shape index (κ1) is 82.7. The molecule has 0 aromatic rings. The van der Waals surface area contributed by atoms with Gasteiger partial charge in [-0.1, -0.05) is 238 Å². The minimum absolute atomic E-state index is 0.205. The van der Waals surface area contributed by atoms with E-state index in [0.29, 0.717) is 12.8 Å². The Morgan fingerprint density at radius 1 is 0.571 bits per heavy atom. The Morgan fingerprint density at radius 3 is 1.46 bits per heavy atom. The maximum absolute atomic E-state index is 13.5. The zero-order valence-electron chi connectivity index (χ0n) is 55.7. The molecule has 14 N–H and O–H groups in total. The van der Waals surface area contributed by atoms with Crippen LogP contribution in [0.25, 0.3) is 0 Å². The molecule has 3 aliphatic rings. The number of aliphatic hydroxyl groups is 11. The van der Waals surface area contributed by atoms with Crippen molar-refractivity contribution in [3.63, 3.8) is 0 Å². The maximum atomic E-state index is 13.5. The number of carboxylic acids is 1. The van der Waals surface area contributed by atoms with Crippen LogP contribution in [0.2, 0.25) is 0 Å². The molecule has 2 amide bonds. The molecule has 18 atom stereocenters. The highest BCUT2D eigenvalue weighted by atomic mass is 16.8. The van der Waals surface area contributed by atoms with Crippen molar-refractivity contribution >= 4 is 17.8 Å². The van der Waals surface area contributed by atoms with Crippen LogP contribution in [0.4, 0.5) is 0 Å². The van der Waals surface area contributed by atoms with Gasteiger partial charge >= 0.3 is 5.97 Å². The summed E-state index contributed by atoms with van der Waals surface area (Å²) in [5.41, 5.74) is 0. The van der Waals surface area contributed by atoms with Crippen LogP contribution in [0, 0.1) is 0 Å². The van der Waals surface area contributed by atoms with E-state index in [2.05, 4.69) is 24.5 Å². The number of nitrogens with one attached hydrogen (secondary N) is 2. The molecule has 91 heavy (non-hydrogen) atoms. The van der Waals surface area contributed by atoms with E-state index < -0.39 is 155 Å². The number of carbonyl (C=O) groups is 3. The number of unbranched alkanes of at least 4 members (excludes halogenated alkanes) is 34. The largest absolute Gasteiger partial charge is 0.477 e. The molecule has 18 unspecified atom stereocenters. The van der Waals surface area contributed by atoms with Crippen LogP contribution in [0.5, 0.6) is 0 Å². The Balaban J connectivity index is 1.58. The number of carboxylic acid groups (broad SMARTS) is 1. The number of rotatable bonds is 54. The van der Waals surface area contributed by atoms with Crippen molar-refractivity contribution in [2.75, 3.05) is 26.4 Å². The summed E-state index contributed by atoms with van der Waals surface area (Å²) in [6.07, 6.45) is 18.3. The van der Waals surface area contributed by atoms with Crippen molar-refractivity contribution < 1.29 is 104 Å². The monoisotopic (exact) mass is 1310 g/mol. The minimum Gasteiger partial charge on any atom is -0.477 e. The Labute approximate surface area is 543 Å². The number of carbonyl (C=O) groups excluding carboxylic acids is 2. The lowest BCUT2D eigenvalue weighted by atomic mass is 9.88. The standard InChI is InChI=1S/C68H126N2O21/c1-4-6-8-10-12-14-16-18-20-21-22-23-24-25-26-28-30-32-34-36-38-40-42-55(78)70-49(50(75)41-39-37-35-33-31-29-27-19-17-15-13-11-9-7-5-2)47-86-65-60(82)59(81)62(54(46-73)88-65)89-66-61(83)64(58(80)53(45-72)87-66)91-68(67(84)85)43-51(76)56(69-48(3)74)63(90-68)57(79)52(77)44-71/h39,41,49-54,56-66,71-73,75-77,79-83H,4-38,40,42-47H2,1-3H3,(H,69,74)(H,70,78)(H,84,85)/b41-39+. The van der Waals surface area contributed by atoms with Crippen LogP contribution in [0.3, 0.4) is 0 Å². The van der Waals surface area contributed by atoms with Gasteiger partial charge in [0.1, 0.15) is 67.1 Å². The molecule has 0 radical (unpaired) electrons. The van der Waals surface area contributed by atoms with Gasteiger partial charge in [-0.05, 0) is 19.3 Å². The quantitative estimate of drug-likeness (QED) is 0.0223. The zero-order valence-corrected chi connectivity index (χ0v) is 55.7. The average molecular weight is 1310 g/mol. The second kappa shape index (κ2) is 49.1. The van der Waals surface area contributed by atoms with Crippen LogP contribution in [0.1, 0.15) is 265 Å². The molecule has 0 aromatic carbocycles. The van der Waals surface area contributed by atoms with Gasteiger partial charge in [-0.15, -0.1) is 0 Å². The molecule has 3 rings (SSSR count). The van der Waals surface area contributed by atoms with Gasteiger partial charge < -0.3 is 100 Å². The first-order valence-electron chi connectivity index (χ1n) is 35.6. The summed E-state index contributed by atoms with van der Waals surface area (Å²) in [5, 5.41) is 136. The van der Waals surface area contributed by atoms with Gasteiger partial charge in [-0.2, -0.15) is 0 Å². The smallest absolute Gasteiger partial charge is 0.364 e. The van der Waals surface area contributed by atoms with Crippen molar-refractivity contribution in [1.29, 1.82) is 0 Å². The van der Waals surface area contributed by atoms with Gasteiger partial charge in [0, 0.05) is 19.8 Å². The van der Waals surface area contributed by atoms with Gasteiger partial charge in [-0.25, -0.2) is 4.79 Å². The fourth-order valence-corrected chi connectivity index (χ4v) is 12.5. The van der Waals surface area contributed by atoms with Gasteiger partial charge in [0.25, 0.3) is 5.79 Å². The summed E-state index contributed by atoms with van der Waals surface area (Å²) >= 11 is 0. The van der Waals surface area contributed by atoms with Crippen molar-refractivity contribution in [2.24, 2.45) is 0 Å². The Morgan fingerprint density at radius 2 is 1.02 bits per heavy atom. The van der Waals surface area contributed by atoms with E-state index in [-0.39, 0.29) is 12.3 Å². The van der Waals surface area contributed by atoms with Crippen LogP contribution in [-0.4, -0.2) is 215 Å². The number of aliphatic carboxylic acids is 1. The van der Waals surface area contributed by atoms with Gasteiger partial charge in [0.05, 0.1) is 50.7 Å². The number of allylic oxidation sites excluding steroid dienone is 1. The summed E-state index contributed by atoms with van der Waals surface area (Å²) in [6, 6.07) is -2.61. The molecule has 0 aromatic heterocycles. The highest BCUT2D eigenvalue weighted by molar-refractivity contribution is 5.77. The summed E-state index contributed by atoms with van der Waals surface area (Å²) < 4.78 is 34.8. The van der Waals surface area contributed by atoms with E-state index in [1.165, 1.54) is 173 Å². The molecule has 3 fully saturated rings. The number of aliphatic hydroxyl groups excluding tert-OH is 11. The van der Waals surface area contributed by atoms with E-state index >= 15 is 0 Å². The molecule has 0 bridgehead atoms. The maximum Gasteiger partial charge on any atom is 0.364 e. The SMILES string of the molecule is CCCCCCCCCCCCCCC/C=C/C(O)C(COC1OC(CO)C(OC2OC(CO)C(O)C(OC3(C(=O)O)CC(O)C(NC(C)=O)C(C(O)C(O)CO)O3)C2O)C(O)C1O)NC(=O)CCCCCCCCCCCCCCCCCCCCCCCC. The fraction of sp³-hybridized carbons (Fsp3) is 0.926. The molecule has 534 valence electrons. The summed E-state index contributed by atoms with van der Waals surface area (Å²) in [7, 11) is 0. The van der Waals surface area contributed by atoms with Crippen LogP contribution >= 0.6 is 0 Å². The lowest BCUT2D eigenvalue weighted by molar-refractivity contribution is -0.386. The molecular weight excluding hydrogens is 1180 g/mol. The van der Waals surface area contributed by atoms with E-state index in [1.807, 2.05) is 6.08 Å². The zero-order chi connectivity index (χ0) is 66.8. The molecule has 0 aliphatic carbocycles. The molecular formula is C68H126N2O21. The third-order valence-electron chi connectivity index (χ3n) is 18.2. The Hall–Kier alpha value is -2.53. The highest BCUT2D eigenvalue weighted by Gasteiger charge is 2.60. The third kappa shape index (κ3) is 31.5. The number of amides is 2. The number of hydrogen-bond donors (Lipinski definition) is 14. The van der Waals surface area contributed by atoms with Crippen molar-refractivity contribution in [1.82, 2.24) is 10.6 Å². The van der Waals surface area contributed by atoms with E-state index in [0.717, 1.165) is 51.9 Å². The minimum atomic E-state index is -3.08. The Kier molecular flexibility index (Phi) is 44.6. The van der Waals surface area contributed by atoms with Crippen molar-refractivity contribution in [3.8, 4) is 0 Å². The molecule has 3 aliphatic heterocycles. The lowest BCUT2D eigenvalue weighted by Crippen LogP contribution is -2.70. The third-order valence-corrected chi connectivity index (χ3v) is 18.2. The summed E-state index contributed by atoms with van der Waals surface area (Å²) in [4.78, 5) is 38.5. The summed E-state index contributed by atoms with van der Waals surface area (Å²) in [6.45, 7) is 2.15. The van der Waals surface area contributed by atoms with Gasteiger partial charge in [0.15, 0.2) is 12.6 Å². The predicted molar refractivity (Wildman–Crippen MR) is 343 cm³/mol. The molecule has 3 heterocycles. The van der Waals surface area contributed by atoms with Gasteiger partial charge in [-0.3, -0.25) is 9.59 Å². The normalized spacial score (nSPS) is 28.4. The summed E-state index contributed by atoms with van der Waals surface area (Å²) in [5.74, 6) is -6.13. The van der Waals surface area contributed by atoms with Crippen LogP contribution in [0.15, 0.2) is 12.2 Å². The molecule has 3 saturated heterocycles.